The monoisotopic (exact) mass is 477 g/mol. The van der Waals surface area contributed by atoms with E-state index in [2.05, 4.69) is 5.32 Å². The number of piperidine rings is 2. The number of amides is 4. The van der Waals surface area contributed by atoms with Crippen molar-refractivity contribution < 1.29 is 19.2 Å². The predicted octanol–water partition coefficient (Wildman–Crippen LogP) is 3.37. The number of nitrogens with zero attached hydrogens (tertiary/aromatic N) is 2. The van der Waals surface area contributed by atoms with E-state index < -0.39 is 11.9 Å². The van der Waals surface area contributed by atoms with Gasteiger partial charge in [0.2, 0.25) is 11.8 Å². The van der Waals surface area contributed by atoms with Crippen LogP contribution in [0.3, 0.4) is 0 Å². The molecule has 3 aliphatic rings. The van der Waals surface area contributed by atoms with E-state index in [0.29, 0.717) is 24.3 Å². The first kappa shape index (κ1) is 22.7. The minimum atomic E-state index is -0.611. The van der Waals surface area contributed by atoms with E-state index >= 15 is 0 Å². The highest BCUT2D eigenvalue weighted by molar-refractivity contribution is 7.98. The third kappa shape index (κ3) is 4.46. The van der Waals surface area contributed by atoms with Crippen molar-refractivity contribution in [3.8, 4) is 0 Å². The Balaban J connectivity index is 1.25. The summed E-state index contributed by atoms with van der Waals surface area (Å²) in [6.45, 7) is 2.04. The van der Waals surface area contributed by atoms with Crippen molar-refractivity contribution in [2.45, 2.75) is 55.3 Å². The molecule has 8 heteroatoms. The van der Waals surface area contributed by atoms with Crippen LogP contribution in [-0.4, -0.2) is 52.6 Å². The molecule has 0 aliphatic carbocycles. The number of fused-ring (bicyclic) bond motifs is 1. The SMILES string of the molecule is O=C1CCC(N2Cc3c(SCc4ccc(C(=O)N5CCCCC5)cc4)cccc3C2=O)C(=O)N1. The summed E-state index contributed by atoms with van der Waals surface area (Å²) in [7, 11) is 0. The molecule has 1 unspecified atom stereocenters. The maximum Gasteiger partial charge on any atom is 0.255 e. The number of likely N-dealkylation sites (tertiary alicyclic amines) is 1. The first-order chi connectivity index (χ1) is 16.5. The van der Waals surface area contributed by atoms with Gasteiger partial charge in [-0.05, 0) is 61.1 Å². The quantitative estimate of drug-likeness (QED) is 0.527. The Kier molecular flexibility index (Phi) is 6.41. The average molecular weight is 478 g/mol. The second kappa shape index (κ2) is 9.62. The third-order valence-electron chi connectivity index (χ3n) is 6.78. The molecule has 2 aromatic rings. The van der Waals surface area contributed by atoms with Gasteiger partial charge in [0, 0.05) is 47.8 Å². The van der Waals surface area contributed by atoms with Crippen LogP contribution in [-0.2, 0) is 21.9 Å². The standard InChI is InChI=1S/C26H27N3O4S/c30-23-12-11-21(24(31)27-23)29-15-20-19(26(29)33)5-4-6-22(20)34-16-17-7-9-18(10-8-17)25(32)28-13-2-1-3-14-28/h4-10,21H,1-3,11-16H2,(H,27,30,31). The molecule has 0 bridgehead atoms. The van der Waals surface area contributed by atoms with Crippen molar-refractivity contribution in [1.82, 2.24) is 15.1 Å². The first-order valence-electron chi connectivity index (χ1n) is 11.8. The lowest BCUT2D eigenvalue weighted by Gasteiger charge is -2.29. The maximum atomic E-state index is 13.0. The Labute approximate surface area is 202 Å². The number of hydrogen-bond donors (Lipinski definition) is 1. The molecule has 3 heterocycles. The molecule has 7 nitrogen and oxygen atoms in total. The van der Waals surface area contributed by atoms with E-state index in [1.807, 2.05) is 41.3 Å². The van der Waals surface area contributed by atoms with Crippen LogP contribution in [0.5, 0.6) is 0 Å². The molecule has 1 N–H and O–H groups in total. The molecule has 0 radical (unpaired) electrons. The second-order valence-electron chi connectivity index (χ2n) is 9.02. The number of hydrogen-bond acceptors (Lipinski definition) is 5. The minimum absolute atomic E-state index is 0.104. The van der Waals surface area contributed by atoms with Crippen LogP contribution in [0.1, 0.15) is 63.9 Å². The van der Waals surface area contributed by atoms with Gasteiger partial charge < -0.3 is 9.80 Å². The number of nitrogens with one attached hydrogen (secondary N) is 1. The molecular formula is C26H27N3O4S. The van der Waals surface area contributed by atoms with E-state index in [4.69, 9.17) is 0 Å². The van der Waals surface area contributed by atoms with Crippen molar-refractivity contribution in [2.24, 2.45) is 0 Å². The van der Waals surface area contributed by atoms with E-state index in [0.717, 1.165) is 47.5 Å². The Bertz CT molecular complexity index is 1140. The molecule has 0 saturated carbocycles. The van der Waals surface area contributed by atoms with Crippen molar-refractivity contribution in [2.75, 3.05) is 13.1 Å². The molecule has 2 aromatic carbocycles. The van der Waals surface area contributed by atoms with E-state index in [-0.39, 0.29) is 24.1 Å². The van der Waals surface area contributed by atoms with E-state index in [1.54, 1.807) is 22.7 Å². The first-order valence-corrected chi connectivity index (χ1v) is 12.8. The summed E-state index contributed by atoms with van der Waals surface area (Å²) in [5.74, 6) is -0.0307. The molecule has 4 amide bonds. The highest BCUT2D eigenvalue weighted by atomic mass is 32.2. The summed E-state index contributed by atoms with van der Waals surface area (Å²) in [5, 5.41) is 2.34. The van der Waals surface area contributed by atoms with Gasteiger partial charge in [-0.2, -0.15) is 0 Å². The van der Waals surface area contributed by atoms with Gasteiger partial charge in [-0.1, -0.05) is 18.2 Å². The zero-order valence-electron chi connectivity index (χ0n) is 18.9. The lowest BCUT2D eigenvalue weighted by atomic mass is 10.0. The number of thioether (sulfide) groups is 1. The van der Waals surface area contributed by atoms with E-state index in [1.165, 1.54) is 6.42 Å². The van der Waals surface area contributed by atoms with Crippen molar-refractivity contribution in [1.29, 1.82) is 0 Å². The maximum absolute atomic E-state index is 13.0. The minimum Gasteiger partial charge on any atom is -0.339 e. The summed E-state index contributed by atoms with van der Waals surface area (Å²) in [4.78, 5) is 54.0. The largest absolute Gasteiger partial charge is 0.339 e. The predicted molar refractivity (Wildman–Crippen MR) is 128 cm³/mol. The van der Waals surface area contributed by atoms with Gasteiger partial charge in [0.25, 0.3) is 11.8 Å². The normalized spacial score (nSPS) is 20.4. The number of carbonyl (C=O) groups is 4. The topological polar surface area (TPSA) is 86.8 Å². The van der Waals surface area contributed by atoms with Crippen LogP contribution in [0.15, 0.2) is 47.4 Å². The highest BCUT2D eigenvalue weighted by Crippen LogP contribution is 2.35. The molecule has 0 aromatic heterocycles. The van der Waals surface area contributed by atoms with Gasteiger partial charge in [0.05, 0.1) is 0 Å². The summed E-state index contributed by atoms with van der Waals surface area (Å²) < 4.78 is 0. The molecule has 176 valence electrons. The molecule has 1 atom stereocenters. The molecule has 5 rings (SSSR count). The molecule has 2 saturated heterocycles. The van der Waals surface area contributed by atoms with Gasteiger partial charge >= 0.3 is 0 Å². The fourth-order valence-electron chi connectivity index (χ4n) is 4.88. The second-order valence-corrected chi connectivity index (χ2v) is 10.0. The molecule has 34 heavy (non-hydrogen) atoms. The van der Waals surface area contributed by atoms with Crippen LogP contribution in [0.4, 0.5) is 0 Å². The number of imide groups is 1. The van der Waals surface area contributed by atoms with Gasteiger partial charge in [0.1, 0.15) is 6.04 Å². The number of benzene rings is 2. The van der Waals surface area contributed by atoms with Gasteiger partial charge in [-0.15, -0.1) is 11.8 Å². The van der Waals surface area contributed by atoms with Crippen molar-refractivity contribution in [3.05, 3.63) is 64.7 Å². The lowest BCUT2D eigenvalue weighted by molar-refractivity contribution is -0.136. The van der Waals surface area contributed by atoms with Gasteiger partial charge in [-0.3, -0.25) is 24.5 Å². The molecule has 3 aliphatic heterocycles. The summed E-state index contributed by atoms with van der Waals surface area (Å²) in [6.07, 6.45) is 3.94. The molecule has 2 fully saturated rings. The molecule has 0 spiro atoms. The van der Waals surface area contributed by atoms with Gasteiger partial charge in [0.15, 0.2) is 0 Å². The fourth-order valence-corrected chi connectivity index (χ4v) is 5.91. The van der Waals surface area contributed by atoms with Crippen LogP contribution in [0.25, 0.3) is 0 Å². The van der Waals surface area contributed by atoms with Crippen LogP contribution in [0.2, 0.25) is 0 Å². The number of carbonyl (C=O) groups excluding carboxylic acids is 4. The Morgan fingerprint density at radius 1 is 1.00 bits per heavy atom. The zero-order chi connectivity index (χ0) is 23.7. The highest BCUT2D eigenvalue weighted by Gasteiger charge is 2.39. The average Bonchev–Trinajstić information content (AvgIpc) is 3.20. The smallest absolute Gasteiger partial charge is 0.255 e. The third-order valence-corrected chi connectivity index (χ3v) is 7.95. The molecular weight excluding hydrogens is 450 g/mol. The fraction of sp³-hybridized carbons (Fsp3) is 0.385. The Morgan fingerprint density at radius 3 is 2.50 bits per heavy atom. The van der Waals surface area contributed by atoms with Crippen molar-refractivity contribution in [3.63, 3.8) is 0 Å². The zero-order valence-corrected chi connectivity index (χ0v) is 19.7. The lowest BCUT2D eigenvalue weighted by Crippen LogP contribution is -2.52. The van der Waals surface area contributed by atoms with Crippen LogP contribution >= 0.6 is 11.8 Å². The van der Waals surface area contributed by atoms with Crippen LogP contribution < -0.4 is 5.32 Å². The Morgan fingerprint density at radius 2 is 1.76 bits per heavy atom. The van der Waals surface area contributed by atoms with Crippen LogP contribution in [0, 0.1) is 0 Å². The van der Waals surface area contributed by atoms with Crippen molar-refractivity contribution >= 4 is 35.4 Å². The Hall–Kier alpha value is -3.13. The summed E-state index contributed by atoms with van der Waals surface area (Å²) in [5.41, 5.74) is 3.38. The van der Waals surface area contributed by atoms with Gasteiger partial charge in [-0.25, -0.2) is 0 Å². The summed E-state index contributed by atoms with van der Waals surface area (Å²) >= 11 is 1.64. The summed E-state index contributed by atoms with van der Waals surface area (Å²) in [6, 6.07) is 12.8. The number of rotatable bonds is 5. The van der Waals surface area contributed by atoms with E-state index in [9.17, 15) is 19.2 Å².